The van der Waals surface area contributed by atoms with Gasteiger partial charge in [0.15, 0.2) is 6.29 Å². The molecule has 0 rings (SSSR count). The Hall–Kier alpha value is 0.986. The third-order valence-electron chi connectivity index (χ3n) is 0.572. The minimum Gasteiger partial charge on any atom is -0.303 e. The van der Waals surface area contributed by atoms with Crippen molar-refractivity contribution < 1.29 is 37.8 Å². The summed E-state index contributed by atoms with van der Waals surface area (Å²) in [7, 11) is -9.55. The van der Waals surface area contributed by atoms with Gasteiger partial charge >= 0.3 is 38.7 Å². The van der Waals surface area contributed by atoms with E-state index in [-0.39, 0.29) is 23.1 Å². The van der Waals surface area contributed by atoms with Crippen molar-refractivity contribution in [1.29, 1.82) is 0 Å². The van der Waals surface area contributed by atoms with E-state index in [4.69, 9.17) is 19.6 Å². The molecule has 4 N–H and O–H groups in total. The van der Waals surface area contributed by atoms with Crippen molar-refractivity contribution in [3.63, 3.8) is 0 Å². The summed E-state index contributed by atoms with van der Waals surface area (Å²) in [6.45, 7) is 0.943. The smallest absolute Gasteiger partial charge is 0.303 e. The molecule has 0 heterocycles. The van der Waals surface area contributed by atoms with Gasteiger partial charge in [-0.25, -0.2) is 9.13 Å². The monoisotopic (exact) mass is 248 g/mol. The van der Waals surface area contributed by atoms with Crippen LogP contribution >= 0.6 is 15.6 Å². The van der Waals surface area contributed by atoms with Gasteiger partial charge in [0, 0.05) is 0 Å². The number of hydrogen-bond acceptors (Lipinski definition) is 4. The molecule has 0 amide bonds. The standard InChI is InChI=1S/C2H8O8P2.Mg.2H/c1-2(9-11(3,4)5)10-12(6,7)8;;;/h2H,1H3,(H2,3,4,5)(H2,6,7,8);;;. The lowest BCUT2D eigenvalue weighted by Crippen LogP contribution is -2.09. The fourth-order valence-electron chi connectivity index (χ4n) is 0.406. The molecule has 0 aromatic heterocycles. The highest BCUT2D eigenvalue weighted by Crippen LogP contribution is 2.43. The molecule has 0 aliphatic carbocycles. The molecule has 13 heavy (non-hydrogen) atoms. The van der Waals surface area contributed by atoms with Crippen LogP contribution < -0.4 is 0 Å². The zero-order valence-corrected chi connectivity index (χ0v) is 7.68. The quantitative estimate of drug-likeness (QED) is 0.272. The van der Waals surface area contributed by atoms with Gasteiger partial charge in [-0.3, -0.25) is 9.05 Å². The van der Waals surface area contributed by atoms with Gasteiger partial charge < -0.3 is 19.6 Å². The van der Waals surface area contributed by atoms with Crippen LogP contribution in [0.25, 0.3) is 0 Å². The first-order valence-corrected chi connectivity index (χ1v) is 5.64. The zero-order valence-electron chi connectivity index (χ0n) is 5.89. The topological polar surface area (TPSA) is 134 Å². The first-order chi connectivity index (χ1) is 5.10. The Morgan fingerprint density at radius 2 is 1.23 bits per heavy atom. The Morgan fingerprint density at radius 1 is 1.00 bits per heavy atom. The lowest BCUT2D eigenvalue weighted by Gasteiger charge is -2.14. The van der Waals surface area contributed by atoms with Gasteiger partial charge in [0.1, 0.15) is 0 Å². The summed E-state index contributed by atoms with van der Waals surface area (Å²) in [5, 5.41) is 0. The molecule has 78 valence electrons. The highest BCUT2D eigenvalue weighted by atomic mass is 31.2. The van der Waals surface area contributed by atoms with Gasteiger partial charge in [-0.2, -0.15) is 0 Å². The maximum atomic E-state index is 10.1. The van der Waals surface area contributed by atoms with Crippen LogP contribution in [0.3, 0.4) is 0 Å². The molecule has 0 atom stereocenters. The van der Waals surface area contributed by atoms with Crippen molar-refractivity contribution in [2.75, 3.05) is 0 Å². The summed E-state index contributed by atoms with van der Waals surface area (Å²) >= 11 is 0. The van der Waals surface area contributed by atoms with Crippen molar-refractivity contribution in [1.82, 2.24) is 0 Å². The molecule has 0 aliphatic heterocycles. The molecular weight excluding hydrogens is 238 g/mol. The van der Waals surface area contributed by atoms with Gasteiger partial charge in [-0.05, 0) is 6.92 Å². The van der Waals surface area contributed by atoms with Crippen LogP contribution in [0.15, 0.2) is 0 Å². The summed E-state index contributed by atoms with van der Waals surface area (Å²) in [6, 6.07) is 0. The van der Waals surface area contributed by atoms with Gasteiger partial charge in [0.2, 0.25) is 0 Å². The Balaban J connectivity index is 0. The molecule has 0 saturated heterocycles. The van der Waals surface area contributed by atoms with E-state index in [1.54, 1.807) is 0 Å². The van der Waals surface area contributed by atoms with Crippen molar-refractivity contribution in [2.45, 2.75) is 13.2 Å². The van der Waals surface area contributed by atoms with Crippen LogP contribution in [0.5, 0.6) is 0 Å². The maximum absolute atomic E-state index is 10.1. The second-order valence-corrected chi connectivity index (χ2v) is 4.14. The van der Waals surface area contributed by atoms with Crippen LogP contribution in [0.2, 0.25) is 0 Å². The Bertz CT molecular complexity index is 204. The third-order valence-corrected chi connectivity index (χ3v) is 1.71. The fraction of sp³-hybridized carbons (Fsp3) is 1.00. The third kappa shape index (κ3) is 13.0. The number of hydrogen-bond donors (Lipinski definition) is 4. The fourth-order valence-corrected chi connectivity index (χ4v) is 1.33. The Kier molecular flexibility index (Phi) is 7.28. The van der Waals surface area contributed by atoms with E-state index in [1.165, 1.54) is 0 Å². The largest absolute Gasteiger partial charge is 0.471 e. The maximum Gasteiger partial charge on any atom is 0.471 e. The second-order valence-electron chi connectivity index (χ2n) is 1.76. The minimum absolute atomic E-state index is 0. The first kappa shape index (κ1) is 16.4. The van der Waals surface area contributed by atoms with Gasteiger partial charge in [0.05, 0.1) is 0 Å². The number of phosphoric ester groups is 2. The van der Waals surface area contributed by atoms with E-state index in [0.29, 0.717) is 0 Å². The van der Waals surface area contributed by atoms with Crippen molar-refractivity contribution in [2.24, 2.45) is 0 Å². The van der Waals surface area contributed by atoms with E-state index in [0.717, 1.165) is 6.92 Å². The van der Waals surface area contributed by atoms with E-state index >= 15 is 0 Å². The molecule has 8 nitrogen and oxygen atoms in total. The second kappa shape index (κ2) is 5.77. The normalized spacial score (nSPS) is 12.8. The molecule has 0 aromatic carbocycles. The van der Waals surface area contributed by atoms with Crippen LogP contribution in [0.1, 0.15) is 6.92 Å². The van der Waals surface area contributed by atoms with Crippen molar-refractivity contribution in [3.8, 4) is 0 Å². The molecule has 0 aliphatic rings. The molecule has 0 radical (unpaired) electrons. The van der Waals surface area contributed by atoms with E-state index in [1.807, 2.05) is 0 Å². The van der Waals surface area contributed by atoms with Crippen molar-refractivity contribution in [3.05, 3.63) is 0 Å². The summed E-state index contributed by atoms with van der Waals surface area (Å²) in [6.07, 6.45) is -1.67. The molecule has 0 fully saturated rings. The molecule has 0 spiro atoms. The van der Waals surface area contributed by atoms with Gasteiger partial charge in [-0.1, -0.05) is 0 Å². The predicted octanol–water partition coefficient (Wildman–Crippen LogP) is -1.37. The molecule has 0 unspecified atom stereocenters. The SMILES string of the molecule is CC(OP(=O)(O)O)OP(=O)(O)O.[MgH2]. The summed E-state index contributed by atoms with van der Waals surface area (Å²) < 4.78 is 27.7. The van der Waals surface area contributed by atoms with E-state index < -0.39 is 21.9 Å². The molecule has 0 saturated carbocycles. The minimum atomic E-state index is -4.78. The first-order valence-electron chi connectivity index (χ1n) is 2.58. The van der Waals surface area contributed by atoms with Gasteiger partial charge in [0.25, 0.3) is 0 Å². The molecule has 0 aromatic rings. The van der Waals surface area contributed by atoms with E-state index in [9.17, 15) is 9.13 Å². The average molecular weight is 248 g/mol. The van der Waals surface area contributed by atoms with Crippen LogP contribution in [0.4, 0.5) is 0 Å². The van der Waals surface area contributed by atoms with Crippen LogP contribution in [-0.2, 0) is 18.2 Å². The zero-order chi connectivity index (χ0) is 9.99. The molecule has 11 heteroatoms. The summed E-state index contributed by atoms with van der Waals surface area (Å²) in [5.41, 5.74) is 0. The highest BCUT2D eigenvalue weighted by molar-refractivity contribution is 7.47. The highest BCUT2D eigenvalue weighted by Gasteiger charge is 2.25. The van der Waals surface area contributed by atoms with E-state index in [2.05, 4.69) is 9.05 Å². The summed E-state index contributed by atoms with van der Waals surface area (Å²) in [4.78, 5) is 32.6. The Morgan fingerprint density at radius 3 is 1.38 bits per heavy atom. The molecular formula is C2H10MgO8P2. The number of phosphoric acid groups is 2. The summed E-state index contributed by atoms with van der Waals surface area (Å²) in [5.74, 6) is 0. The predicted molar refractivity (Wildman–Crippen MR) is 44.3 cm³/mol. The lowest BCUT2D eigenvalue weighted by molar-refractivity contribution is -0.0191. The lowest BCUT2D eigenvalue weighted by atomic mass is 10.8. The van der Waals surface area contributed by atoms with Crippen LogP contribution in [0, 0.1) is 0 Å². The Labute approximate surface area is 89.9 Å². The average Bonchev–Trinajstić information content (AvgIpc) is 1.49. The van der Waals surface area contributed by atoms with Crippen LogP contribution in [-0.4, -0.2) is 48.9 Å². The van der Waals surface area contributed by atoms with Gasteiger partial charge in [-0.15, -0.1) is 0 Å². The number of rotatable bonds is 4. The molecule has 0 bridgehead atoms. The van der Waals surface area contributed by atoms with Crippen molar-refractivity contribution >= 4 is 38.7 Å².